The SMILES string of the molecule is O=S(SCC1CCCCC=CCCCCC1)C1CCCCCCCCCCC1. The Kier molecular flexibility index (Phi) is 14.9. The van der Waals surface area contributed by atoms with Crippen LogP contribution >= 0.6 is 10.8 Å². The Morgan fingerprint density at radius 1 is 0.607 bits per heavy atom. The van der Waals surface area contributed by atoms with Gasteiger partial charge in [0.05, 0.1) is 9.83 Å². The van der Waals surface area contributed by atoms with Gasteiger partial charge in [0.1, 0.15) is 0 Å². The maximum absolute atomic E-state index is 13.1. The Balaban J connectivity index is 1.74. The molecule has 0 heterocycles. The van der Waals surface area contributed by atoms with Gasteiger partial charge in [-0.3, -0.25) is 0 Å². The third-order valence-corrected chi connectivity index (χ3v) is 10.4. The lowest BCUT2D eigenvalue weighted by molar-refractivity contribution is 0.447. The quantitative estimate of drug-likeness (QED) is 0.330. The summed E-state index contributed by atoms with van der Waals surface area (Å²) in [6, 6.07) is 0. The van der Waals surface area contributed by atoms with Crippen LogP contribution in [0.15, 0.2) is 12.2 Å². The van der Waals surface area contributed by atoms with Crippen molar-refractivity contribution in [2.75, 3.05) is 5.75 Å². The maximum Gasteiger partial charge on any atom is 0.0835 e. The van der Waals surface area contributed by atoms with E-state index in [1.165, 1.54) is 128 Å². The molecule has 2 aliphatic rings. The van der Waals surface area contributed by atoms with Crippen molar-refractivity contribution in [3.8, 4) is 0 Å². The summed E-state index contributed by atoms with van der Waals surface area (Å²) < 4.78 is 13.1. The zero-order valence-corrected chi connectivity index (χ0v) is 20.0. The summed E-state index contributed by atoms with van der Waals surface area (Å²) in [4.78, 5) is 0. The molecule has 0 bridgehead atoms. The van der Waals surface area contributed by atoms with Gasteiger partial charge in [-0.25, -0.2) is 4.21 Å². The molecule has 0 aromatic carbocycles. The van der Waals surface area contributed by atoms with Crippen LogP contribution in [0.1, 0.15) is 128 Å². The first-order valence-corrected chi connectivity index (χ1v) is 15.3. The van der Waals surface area contributed by atoms with Crippen molar-refractivity contribution in [2.45, 2.75) is 134 Å². The summed E-state index contributed by atoms with van der Waals surface area (Å²) >= 11 is 0. The Morgan fingerprint density at radius 3 is 1.64 bits per heavy atom. The van der Waals surface area contributed by atoms with E-state index in [4.69, 9.17) is 0 Å². The van der Waals surface area contributed by atoms with Crippen molar-refractivity contribution < 1.29 is 4.21 Å². The number of hydrogen-bond donors (Lipinski definition) is 0. The Labute approximate surface area is 182 Å². The fourth-order valence-corrected chi connectivity index (χ4v) is 8.40. The summed E-state index contributed by atoms with van der Waals surface area (Å²) in [6.07, 6.45) is 31.6. The topological polar surface area (TPSA) is 17.1 Å². The lowest BCUT2D eigenvalue weighted by Gasteiger charge is -2.20. The molecule has 0 saturated heterocycles. The summed E-state index contributed by atoms with van der Waals surface area (Å²) in [5.74, 6) is 1.93. The van der Waals surface area contributed by atoms with Crippen LogP contribution in [0.2, 0.25) is 0 Å². The van der Waals surface area contributed by atoms with Crippen molar-refractivity contribution in [1.82, 2.24) is 0 Å². The van der Waals surface area contributed by atoms with Gasteiger partial charge in [-0.15, -0.1) is 0 Å². The zero-order chi connectivity index (χ0) is 19.7. The van der Waals surface area contributed by atoms with Crippen molar-refractivity contribution >= 4 is 20.6 Å². The van der Waals surface area contributed by atoms with Crippen LogP contribution in [-0.4, -0.2) is 15.2 Å². The highest BCUT2D eigenvalue weighted by molar-refractivity contribution is 8.69. The second-order valence-corrected chi connectivity index (χ2v) is 12.6. The first-order chi connectivity index (χ1) is 13.9. The van der Waals surface area contributed by atoms with Gasteiger partial charge in [0.15, 0.2) is 0 Å². The van der Waals surface area contributed by atoms with Crippen LogP contribution in [0.3, 0.4) is 0 Å². The standard InChI is InChI=1S/C25H46OS2/c26-28(25-21-17-13-9-5-2-6-10-14-18-22-25)27-23-24-19-15-11-7-3-1-4-8-12-16-20-24/h1,3,24-25H,2,4-23H2. The molecule has 164 valence electrons. The zero-order valence-electron chi connectivity index (χ0n) is 18.4. The molecule has 1 fully saturated rings. The molecular formula is C25H46OS2. The van der Waals surface area contributed by atoms with E-state index >= 15 is 0 Å². The molecule has 0 aromatic heterocycles. The van der Waals surface area contributed by atoms with Crippen LogP contribution in [0, 0.1) is 5.92 Å². The average Bonchev–Trinajstić information content (AvgIpc) is 2.68. The highest BCUT2D eigenvalue weighted by atomic mass is 33.1. The van der Waals surface area contributed by atoms with Gasteiger partial charge in [0, 0.05) is 11.0 Å². The van der Waals surface area contributed by atoms with E-state index in [-0.39, 0.29) is 0 Å². The predicted molar refractivity (Wildman–Crippen MR) is 129 cm³/mol. The molecule has 0 radical (unpaired) electrons. The minimum atomic E-state index is -0.669. The smallest absolute Gasteiger partial charge is 0.0835 e. The summed E-state index contributed by atoms with van der Waals surface area (Å²) in [7, 11) is 1.15. The molecule has 2 atom stereocenters. The first-order valence-electron chi connectivity index (χ1n) is 12.5. The van der Waals surface area contributed by atoms with E-state index < -0.39 is 9.83 Å². The van der Waals surface area contributed by atoms with Crippen molar-refractivity contribution in [2.24, 2.45) is 5.92 Å². The molecule has 28 heavy (non-hydrogen) atoms. The highest BCUT2D eigenvalue weighted by Crippen LogP contribution is 2.29. The van der Waals surface area contributed by atoms with Gasteiger partial charge >= 0.3 is 0 Å². The monoisotopic (exact) mass is 426 g/mol. The fraction of sp³-hybridized carbons (Fsp3) is 0.920. The minimum absolute atomic E-state index is 0.459. The van der Waals surface area contributed by atoms with Gasteiger partial charge in [0.25, 0.3) is 0 Å². The molecular weight excluding hydrogens is 380 g/mol. The normalized spacial score (nSPS) is 26.9. The second kappa shape index (κ2) is 17.0. The van der Waals surface area contributed by atoms with Gasteiger partial charge in [-0.05, 0) is 57.3 Å². The van der Waals surface area contributed by atoms with E-state index in [1.54, 1.807) is 0 Å². The van der Waals surface area contributed by atoms with Crippen molar-refractivity contribution in [3.05, 3.63) is 12.2 Å². The van der Waals surface area contributed by atoms with E-state index in [0.717, 1.165) is 11.7 Å². The molecule has 2 unspecified atom stereocenters. The molecule has 0 aliphatic heterocycles. The summed E-state index contributed by atoms with van der Waals surface area (Å²) in [5, 5.41) is 0.459. The van der Waals surface area contributed by atoms with Crippen molar-refractivity contribution in [3.63, 3.8) is 0 Å². The van der Waals surface area contributed by atoms with Crippen LogP contribution in [0.4, 0.5) is 0 Å². The summed E-state index contributed by atoms with van der Waals surface area (Å²) in [6.45, 7) is 0. The molecule has 0 aromatic rings. The minimum Gasteiger partial charge on any atom is -0.248 e. The Bertz CT molecular complexity index is 409. The van der Waals surface area contributed by atoms with E-state index in [2.05, 4.69) is 12.2 Å². The van der Waals surface area contributed by atoms with Gasteiger partial charge in [-0.2, -0.15) is 0 Å². The first kappa shape index (κ1) is 24.5. The largest absolute Gasteiger partial charge is 0.248 e. The van der Waals surface area contributed by atoms with Crippen LogP contribution in [0.25, 0.3) is 0 Å². The van der Waals surface area contributed by atoms with E-state index in [1.807, 2.05) is 10.8 Å². The molecule has 2 rings (SSSR count). The molecule has 3 heteroatoms. The number of allylic oxidation sites excluding steroid dienone is 2. The van der Waals surface area contributed by atoms with Crippen LogP contribution < -0.4 is 0 Å². The van der Waals surface area contributed by atoms with Crippen molar-refractivity contribution in [1.29, 1.82) is 0 Å². The van der Waals surface area contributed by atoms with E-state index in [0.29, 0.717) is 5.25 Å². The third-order valence-electron chi connectivity index (χ3n) is 6.63. The van der Waals surface area contributed by atoms with Crippen LogP contribution in [-0.2, 0) is 9.83 Å². The lowest BCUT2D eigenvalue weighted by atomic mass is 9.95. The molecule has 0 amide bonds. The van der Waals surface area contributed by atoms with Gasteiger partial charge in [0.2, 0.25) is 0 Å². The molecule has 0 spiro atoms. The lowest BCUT2D eigenvalue weighted by Crippen LogP contribution is -2.15. The van der Waals surface area contributed by atoms with Crippen LogP contribution in [0.5, 0.6) is 0 Å². The molecule has 1 nitrogen and oxygen atoms in total. The van der Waals surface area contributed by atoms with Gasteiger partial charge < -0.3 is 0 Å². The maximum atomic E-state index is 13.1. The second-order valence-electron chi connectivity index (χ2n) is 9.19. The Hall–Kier alpha value is 0.240. The number of rotatable bonds is 4. The fourth-order valence-electron chi connectivity index (χ4n) is 4.69. The average molecular weight is 427 g/mol. The molecule has 0 N–H and O–H groups in total. The van der Waals surface area contributed by atoms with E-state index in [9.17, 15) is 4.21 Å². The Morgan fingerprint density at radius 2 is 1.04 bits per heavy atom. The number of hydrogen-bond acceptors (Lipinski definition) is 2. The predicted octanol–water partition coefficient (Wildman–Crippen LogP) is 8.75. The molecule has 1 saturated carbocycles. The third kappa shape index (κ3) is 12.1. The van der Waals surface area contributed by atoms with Gasteiger partial charge in [-0.1, -0.05) is 100.0 Å². The molecule has 2 aliphatic carbocycles. The highest BCUT2D eigenvalue weighted by Gasteiger charge is 2.19. The summed E-state index contributed by atoms with van der Waals surface area (Å²) in [5.41, 5.74) is 0.